The van der Waals surface area contributed by atoms with Crippen molar-refractivity contribution in [3.05, 3.63) is 20.8 Å². The quantitative estimate of drug-likeness (QED) is 0.779. The molecule has 1 aliphatic heterocycles. The van der Waals surface area contributed by atoms with Gasteiger partial charge in [0.25, 0.3) is 5.91 Å². The maximum Gasteiger partial charge on any atom is 0.264 e. The van der Waals surface area contributed by atoms with E-state index in [2.05, 4.69) is 15.9 Å². The highest BCUT2D eigenvalue weighted by Gasteiger charge is 2.35. The molecule has 5 nitrogen and oxygen atoms in total. The van der Waals surface area contributed by atoms with Gasteiger partial charge in [-0.2, -0.15) is 0 Å². The molecule has 1 unspecified atom stereocenters. The number of carbonyl (C=O) groups is 1. The molecule has 112 valence electrons. The first-order valence-corrected chi connectivity index (χ1v) is 9.62. The van der Waals surface area contributed by atoms with Crippen molar-refractivity contribution in [1.29, 1.82) is 0 Å². The van der Waals surface area contributed by atoms with Crippen LogP contribution in [0.3, 0.4) is 0 Å². The summed E-state index contributed by atoms with van der Waals surface area (Å²) >= 11 is 4.68. The molecule has 0 saturated carbocycles. The van der Waals surface area contributed by atoms with E-state index in [0.717, 1.165) is 3.79 Å². The molecule has 1 fully saturated rings. The van der Waals surface area contributed by atoms with Crippen LogP contribution in [0.1, 0.15) is 16.1 Å². The van der Waals surface area contributed by atoms with Gasteiger partial charge in [0.1, 0.15) is 0 Å². The van der Waals surface area contributed by atoms with E-state index >= 15 is 0 Å². The molecule has 2 rings (SSSR count). The zero-order valence-electron chi connectivity index (χ0n) is 11.0. The van der Waals surface area contributed by atoms with Gasteiger partial charge in [0, 0.05) is 19.7 Å². The Morgan fingerprint density at radius 2 is 2.30 bits per heavy atom. The van der Waals surface area contributed by atoms with Crippen LogP contribution in [-0.2, 0) is 14.6 Å². The van der Waals surface area contributed by atoms with Crippen molar-refractivity contribution in [3.63, 3.8) is 0 Å². The molecule has 20 heavy (non-hydrogen) atoms. The van der Waals surface area contributed by atoms with Crippen LogP contribution < -0.4 is 0 Å². The number of rotatable bonds is 5. The Balaban J connectivity index is 2.17. The third kappa shape index (κ3) is 3.81. The zero-order chi connectivity index (χ0) is 14.8. The number of sulfone groups is 1. The standard InChI is InChI=1S/C12H16BrNO4S2/c1-18-6-5-14(9-4-7-20(16,17)8-9)12(15)10-2-3-11(13)19-10/h2-3,9H,4-8H2,1H3. The lowest BCUT2D eigenvalue weighted by molar-refractivity contribution is 0.0629. The number of hydrogen-bond donors (Lipinski definition) is 0. The van der Waals surface area contributed by atoms with Gasteiger partial charge >= 0.3 is 0 Å². The summed E-state index contributed by atoms with van der Waals surface area (Å²) in [5, 5.41) is 0. The summed E-state index contributed by atoms with van der Waals surface area (Å²) in [5.41, 5.74) is 0. The van der Waals surface area contributed by atoms with E-state index in [1.807, 2.05) is 6.07 Å². The maximum absolute atomic E-state index is 12.5. The van der Waals surface area contributed by atoms with Crippen molar-refractivity contribution in [2.75, 3.05) is 31.8 Å². The van der Waals surface area contributed by atoms with Crippen molar-refractivity contribution in [2.24, 2.45) is 0 Å². The summed E-state index contributed by atoms with van der Waals surface area (Å²) in [7, 11) is -1.45. The lowest BCUT2D eigenvalue weighted by Crippen LogP contribution is -2.42. The predicted octanol–water partition coefficient (Wildman–Crippen LogP) is 1.79. The Morgan fingerprint density at radius 3 is 2.80 bits per heavy atom. The van der Waals surface area contributed by atoms with Crippen LogP contribution in [0, 0.1) is 0 Å². The minimum absolute atomic E-state index is 0.0506. The number of amides is 1. The molecule has 1 aliphatic rings. The fraction of sp³-hybridized carbons (Fsp3) is 0.583. The minimum atomic E-state index is -3.02. The molecule has 1 aromatic heterocycles. The molecule has 2 heterocycles. The Morgan fingerprint density at radius 1 is 1.55 bits per heavy atom. The minimum Gasteiger partial charge on any atom is -0.383 e. The lowest BCUT2D eigenvalue weighted by atomic mass is 10.2. The first-order chi connectivity index (χ1) is 9.43. The monoisotopic (exact) mass is 381 g/mol. The topological polar surface area (TPSA) is 63.7 Å². The number of thiophene rings is 1. The van der Waals surface area contributed by atoms with Crippen LogP contribution in [0.5, 0.6) is 0 Å². The molecule has 0 N–H and O–H groups in total. The van der Waals surface area contributed by atoms with Gasteiger partial charge in [-0.3, -0.25) is 4.79 Å². The Hall–Kier alpha value is -0.440. The molecule has 0 aromatic carbocycles. The second kappa shape index (κ2) is 6.55. The smallest absolute Gasteiger partial charge is 0.264 e. The maximum atomic E-state index is 12.5. The van der Waals surface area contributed by atoms with Gasteiger partial charge in [0.2, 0.25) is 0 Å². The number of hydrogen-bond acceptors (Lipinski definition) is 5. The molecule has 0 bridgehead atoms. The van der Waals surface area contributed by atoms with Crippen LogP contribution in [-0.4, -0.2) is 57.0 Å². The van der Waals surface area contributed by atoms with Gasteiger partial charge in [-0.05, 0) is 34.5 Å². The first-order valence-electron chi connectivity index (χ1n) is 6.18. The van der Waals surface area contributed by atoms with Crippen LogP contribution >= 0.6 is 27.3 Å². The van der Waals surface area contributed by atoms with Gasteiger partial charge in [-0.25, -0.2) is 8.42 Å². The van der Waals surface area contributed by atoms with E-state index < -0.39 is 9.84 Å². The molecule has 1 atom stereocenters. The SMILES string of the molecule is COCCN(C(=O)c1ccc(Br)s1)C1CCS(=O)(=O)C1. The Bertz CT molecular complexity index is 584. The second-order valence-electron chi connectivity index (χ2n) is 4.65. The van der Waals surface area contributed by atoms with E-state index in [9.17, 15) is 13.2 Å². The highest BCUT2D eigenvalue weighted by molar-refractivity contribution is 9.11. The predicted molar refractivity (Wildman–Crippen MR) is 82.0 cm³/mol. The normalized spacial score (nSPS) is 21.0. The summed E-state index contributed by atoms with van der Waals surface area (Å²) in [5.74, 6) is 0.0808. The van der Waals surface area contributed by atoms with E-state index in [1.165, 1.54) is 11.3 Å². The van der Waals surface area contributed by atoms with Crippen LogP contribution in [0.25, 0.3) is 0 Å². The second-order valence-corrected chi connectivity index (χ2v) is 9.34. The summed E-state index contributed by atoms with van der Waals surface area (Å²) in [6.07, 6.45) is 0.504. The number of halogens is 1. The highest BCUT2D eigenvalue weighted by Crippen LogP contribution is 2.26. The van der Waals surface area contributed by atoms with E-state index in [1.54, 1.807) is 18.1 Å². The van der Waals surface area contributed by atoms with E-state index in [4.69, 9.17) is 4.74 Å². The summed E-state index contributed by atoms with van der Waals surface area (Å²) in [4.78, 5) is 14.8. The van der Waals surface area contributed by atoms with Crippen LogP contribution in [0.15, 0.2) is 15.9 Å². The fourth-order valence-electron chi connectivity index (χ4n) is 2.23. The number of methoxy groups -OCH3 is 1. The molecule has 8 heteroatoms. The summed E-state index contributed by atoms with van der Waals surface area (Å²) < 4.78 is 29.1. The molecule has 0 radical (unpaired) electrons. The lowest BCUT2D eigenvalue weighted by Gasteiger charge is -2.27. The molecular weight excluding hydrogens is 366 g/mol. The van der Waals surface area contributed by atoms with Gasteiger partial charge in [-0.15, -0.1) is 11.3 Å². The van der Waals surface area contributed by atoms with Gasteiger partial charge < -0.3 is 9.64 Å². The largest absolute Gasteiger partial charge is 0.383 e. The first kappa shape index (κ1) is 15.9. The molecule has 1 saturated heterocycles. The summed E-state index contributed by atoms with van der Waals surface area (Å²) in [6.45, 7) is 0.805. The number of ether oxygens (including phenoxy) is 1. The highest BCUT2D eigenvalue weighted by atomic mass is 79.9. The molecule has 0 spiro atoms. The number of carbonyl (C=O) groups excluding carboxylic acids is 1. The molecular formula is C12H16BrNO4S2. The third-order valence-electron chi connectivity index (χ3n) is 3.23. The third-order valence-corrected chi connectivity index (χ3v) is 6.59. The van der Waals surface area contributed by atoms with Crippen molar-refractivity contribution >= 4 is 43.0 Å². The van der Waals surface area contributed by atoms with Gasteiger partial charge in [0.05, 0.1) is 26.8 Å². The number of nitrogens with zero attached hydrogens (tertiary/aromatic N) is 1. The molecule has 0 aliphatic carbocycles. The molecule has 1 amide bonds. The van der Waals surface area contributed by atoms with Gasteiger partial charge in [-0.1, -0.05) is 0 Å². The van der Waals surface area contributed by atoms with Crippen molar-refractivity contribution in [3.8, 4) is 0 Å². The van der Waals surface area contributed by atoms with Gasteiger partial charge in [0.15, 0.2) is 9.84 Å². The Kier molecular flexibility index (Phi) is 5.22. The van der Waals surface area contributed by atoms with Crippen molar-refractivity contribution in [2.45, 2.75) is 12.5 Å². The average molecular weight is 382 g/mol. The van der Waals surface area contributed by atoms with Crippen LogP contribution in [0.4, 0.5) is 0 Å². The van der Waals surface area contributed by atoms with Crippen molar-refractivity contribution < 1.29 is 17.9 Å². The zero-order valence-corrected chi connectivity index (χ0v) is 14.3. The van der Waals surface area contributed by atoms with E-state index in [-0.39, 0.29) is 23.5 Å². The van der Waals surface area contributed by atoms with Crippen LogP contribution in [0.2, 0.25) is 0 Å². The van der Waals surface area contributed by atoms with E-state index in [0.29, 0.717) is 24.4 Å². The molecule has 1 aromatic rings. The summed E-state index contributed by atoms with van der Waals surface area (Å²) in [6, 6.07) is 3.32. The fourth-order valence-corrected chi connectivity index (χ4v) is 5.30. The van der Waals surface area contributed by atoms with Crippen molar-refractivity contribution in [1.82, 2.24) is 4.90 Å². The average Bonchev–Trinajstić information content (AvgIpc) is 2.96. The Labute approximate surface area is 131 Å².